The maximum absolute atomic E-state index is 10.9. The van der Waals surface area contributed by atoms with Gasteiger partial charge in [-0.3, -0.25) is 0 Å². The second-order valence-corrected chi connectivity index (χ2v) is 4.52. The van der Waals surface area contributed by atoms with E-state index in [4.69, 9.17) is 0 Å². The minimum absolute atomic E-state index is 0.0367. The van der Waals surface area contributed by atoms with Crippen molar-refractivity contribution >= 4 is 17.2 Å². The van der Waals surface area contributed by atoms with Gasteiger partial charge in [0, 0.05) is 22.5 Å². The highest BCUT2D eigenvalue weighted by molar-refractivity contribution is 5.83. The molecule has 76 valence electrons. The van der Waals surface area contributed by atoms with Gasteiger partial charge in [-0.05, 0) is 30.9 Å². The summed E-state index contributed by atoms with van der Waals surface area (Å²) in [5, 5.41) is 1.26. The van der Waals surface area contributed by atoms with Crippen molar-refractivity contribution in [1.82, 2.24) is 4.98 Å². The Morgan fingerprint density at radius 3 is 2.87 bits per heavy atom. The number of benzene rings is 1. The molecule has 1 aliphatic carbocycles. The van der Waals surface area contributed by atoms with E-state index in [1.165, 1.54) is 10.9 Å². The molecule has 0 aliphatic heterocycles. The first-order valence-corrected chi connectivity index (χ1v) is 5.34. The number of H-pyrrole nitrogens is 1. The monoisotopic (exact) mass is 199 g/mol. The predicted molar refractivity (Wildman–Crippen MR) is 59.7 cm³/mol. The van der Waals surface area contributed by atoms with Gasteiger partial charge in [-0.2, -0.15) is 0 Å². The molecule has 1 aliphatic rings. The van der Waals surface area contributed by atoms with E-state index in [9.17, 15) is 4.79 Å². The van der Waals surface area contributed by atoms with Crippen LogP contribution in [-0.4, -0.2) is 11.3 Å². The highest BCUT2D eigenvalue weighted by Crippen LogP contribution is 2.47. The largest absolute Gasteiger partial charge is 0.361 e. The van der Waals surface area contributed by atoms with Crippen LogP contribution in [0.5, 0.6) is 0 Å². The van der Waals surface area contributed by atoms with Crippen LogP contribution in [0.1, 0.15) is 18.4 Å². The van der Waals surface area contributed by atoms with Gasteiger partial charge in [-0.15, -0.1) is 0 Å². The average molecular weight is 199 g/mol. The van der Waals surface area contributed by atoms with Crippen LogP contribution >= 0.6 is 0 Å². The summed E-state index contributed by atoms with van der Waals surface area (Å²) in [5.41, 5.74) is 2.40. The second kappa shape index (κ2) is 2.96. The van der Waals surface area contributed by atoms with Crippen molar-refractivity contribution in [3.05, 3.63) is 36.0 Å². The Morgan fingerprint density at radius 1 is 1.33 bits per heavy atom. The Morgan fingerprint density at radius 2 is 2.13 bits per heavy atom. The Labute approximate surface area is 88.3 Å². The van der Waals surface area contributed by atoms with E-state index in [0.717, 1.165) is 31.1 Å². The van der Waals surface area contributed by atoms with Gasteiger partial charge in [0.25, 0.3) is 0 Å². The fourth-order valence-electron chi connectivity index (χ4n) is 2.15. The SMILES string of the molecule is O=CC1(Cc2c[nH]c3ccccc23)CC1. The molecular formula is C13H13NO. The van der Waals surface area contributed by atoms with E-state index in [2.05, 4.69) is 17.1 Å². The first kappa shape index (κ1) is 8.72. The molecule has 2 nitrogen and oxygen atoms in total. The normalized spacial score (nSPS) is 17.9. The Hall–Kier alpha value is -1.57. The minimum Gasteiger partial charge on any atom is -0.361 e. The smallest absolute Gasteiger partial charge is 0.126 e. The molecule has 0 atom stereocenters. The summed E-state index contributed by atoms with van der Waals surface area (Å²) < 4.78 is 0. The zero-order valence-corrected chi connectivity index (χ0v) is 8.49. The number of carbonyl (C=O) groups excluding carboxylic acids is 1. The number of hydrogen-bond donors (Lipinski definition) is 1. The molecule has 0 unspecified atom stereocenters. The summed E-state index contributed by atoms with van der Waals surface area (Å²) in [6.45, 7) is 0. The summed E-state index contributed by atoms with van der Waals surface area (Å²) in [7, 11) is 0. The topological polar surface area (TPSA) is 32.9 Å². The summed E-state index contributed by atoms with van der Waals surface area (Å²) in [6.07, 6.45) is 6.16. The molecule has 3 rings (SSSR count). The fourth-order valence-corrected chi connectivity index (χ4v) is 2.15. The highest BCUT2D eigenvalue weighted by Gasteiger charge is 2.42. The number of fused-ring (bicyclic) bond motifs is 1. The van der Waals surface area contributed by atoms with Crippen LogP contribution in [0, 0.1) is 5.41 Å². The van der Waals surface area contributed by atoms with E-state index >= 15 is 0 Å². The van der Waals surface area contributed by atoms with Crippen LogP contribution < -0.4 is 0 Å². The molecule has 1 aromatic heterocycles. The molecule has 1 N–H and O–H groups in total. The number of aromatic nitrogens is 1. The molecule has 1 heterocycles. The molecule has 1 fully saturated rings. The molecular weight excluding hydrogens is 186 g/mol. The van der Waals surface area contributed by atoms with Gasteiger partial charge < -0.3 is 9.78 Å². The van der Waals surface area contributed by atoms with Crippen LogP contribution in [0.4, 0.5) is 0 Å². The number of rotatable bonds is 3. The third-order valence-electron chi connectivity index (χ3n) is 3.36. The summed E-state index contributed by atoms with van der Waals surface area (Å²) in [6, 6.07) is 8.25. The van der Waals surface area contributed by atoms with Gasteiger partial charge in [0.15, 0.2) is 0 Å². The molecule has 15 heavy (non-hydrogen) atoms. The lowest BCUT2D eigenvalue weighted by Gasteiger charge is -2.04. The van der Waals surface area contributed by atoms with Gasteiger partial charge in [0.05, 0.1) is 0 Å². The van der Waals surface area contributed by atoms with Gasteiger partial charge in [-0.1, -0.05) is 18.2 Å². The third kappa shape index (κ3) is 1.37. The summed E-state index contributed by atoms with van der Waals surface area (Å²) in [4.78, 5) is 14.2. The number of hydrogen-bond acceptors (Lipinski definition) is 1. The molecule has 1 aromatic carbocycles. The van der Waals surface area contributed by atoms with Crippen molar-refractivity contribution in [2.45, 2.75) is 19.3 Å². The molecule has 0 bridgehead atoms. The van der Waals surface area contributed by atoms with Crippen LogP contribution in [0.3, 0.4) is 0 Å². The molecule has 2 heteroatoms. The van der Waals surface area contributed by atoms with Crippen LogP contribution in [0.15, 0.2) is 30.5 Å². The van der Waals surface area contributed by atoms with E-state index in [-0.39, 0.29) is 5.41 Å². The second-order valence-electron chi connectivity index (χ2n) is 4.52. The molecule has 0 radical (unpaired) electrons. The zero-order valence-electron chi connectivity index (χ0n) is 8.49. The average Bonchev–Trinajstić information content (AvgIpc) is 2.95. The quantitative estimate of drug-likeness (QED) is 0.757. The predicted octanol–water partition coefficient (Wildman–Crippen LogP) is 2.69. The molecule has 0 saturated heterocycles. The van der Waals surface area contributed by atoms with Gasteiger partial charge >= 0.3 is 0 Å². The number of carbonyl (C=O) groups is 1. The maximum Gasteiger partial charge on any atom is 0.126 e. The van der Waals surface area contributed by atoms with Crippen molar-refractivity contribution in [1.29, 1.82) is 0 Å². The van der Waals surface area contributed by atoms with Crippen LogP contribution in [0.25, 0.3) is 10.9 Å². The number of para-hydroxylation sites is 1. The number of nitrogens with one attached hydrogen (secondary N) is 1. The van der Waals surface area contributed by atoms with Gasteiger partial charge in [0.1, 0.15) is 6.29 Å². The summed E-state index contributed by atoms with van der Waals surface area (Å²) in [5.74, 6) is 0. The van der Waals surface area contributed by atoms with E-state index in [1.807, 2.05) is 18.3 Å². The van der Waals surface area contributed by atoms with E-state index in [0.29, 0.717) is 0 Å². The van der Waals surface area contributed by atoms with Crippen molar-refractivity contribution < 1.29 is 4.79 Å². The van der Waals surface area contributed by atoms with Crippen molar-refractivity contribution in [3.63, 3.8) is 0 Å². The summed E-state index contributed by atoms with van der Waals surface area (Å²) >= 11 is 0. The van der Waals surface area contributed by atoms with Gasteiger partial charge in [-0.25, -0.2) is 0 Å². The lowest BCUT2D eigenvalue weighted by atomic mass is 9.98. The first-order chi connectivity index (χ1) is 7.33. The van der Waals surface area contributed by atoms with Crippen molar-refractivity contribution in [3.8, 4) is 0 Å². The van der Waals surface area contributed by atoms with Crippen molar-refractivity contribution in [2.75, 3.05) is 0 Å². The highest BCUT2D eigenvalue weighted by atomic mass is 16.1. The molecule has 2 aromatic rings. The van der Waals surface area contributed by atoms with Crippen LogP contribution in [-0.2, 0) is 11.2 Å². The standard InChI is InChI=1S/C13H13NO/c15-9-13(5-6-13)7-10-8-14-12-4-2-1-3-11(10)12/h1-4,8-9,14H,5-7H2. The fraction of sp³-hybridized carbons (Fsp3) is 0.308. The molecule has 0 spiro atoms. The lowest BCUT2D eigenvalue weighted by molar-refractivity contribution is -0.112. The van der Waals surface area contributed by atoms with Crippen molar-refractivity contribution in [2.24, 2.45) is 5.41 Å². The Kier molecular flexibility index (Phi) is 1.72. The first-order valence-electron chi connectivity index (χ1n) is 5.34. The van der Waals surface area contributed by atoms with Gasteiger partial charge in [0.2, 0.25) is 0 Å². The zero-order chi connectivity index (χ0) is 10.3. The van der Waals surface area contributed by atoms with E-state index in [1.54, 1.807) is 0 Å². The van der Waals surface area contributed by atoms with Crippen LogP contribution in [0.2, 0.25) is 0 Å². The third-order valence-corrected chi connectivity index (χ3v) is 3.36. The number of aromatic amines is 1. The Bertz CT molecular complexity index is 508. The van der Waals surface area contributed by atoms with E-state index < -0.39 is 0 Å². The Balaban J connectivity index is 2.01. The number of aldehydes is 1. The minimum atomic E-state index is -0.0367. The maximum atomic E-state index is 10.9. The molecule has 1 saturated carbocycles. The lowest BCUT2D eigenvalue weighted by Crippen LogP contribution is -2.05. The molecule has 0 amide bonds.